The van der Waals surface area contributed by atoms with Gasteiger partial charge in [-0.05, 0) is 12.1 Å². The predicted octanol–water partition coefficient (Wildman–Crippen LogP) is 0.164. The van der Waals surface area contributed by atoms with E-state index in [1.807, 2.05) is 0 Å². The van der Waals surface area contributed by atoms with Crippen molar-refractivity contribution in [3.63, 3.8) is 0 Å². The maximum atomic E-state index is 12.6. The zero-order valence-electron chi connectivity index (χ0n) is 13.7. The minimum absolute atomic E-state index is 0.131. The number of nitrogens with zero attached hydrogens (tertiary/aromatic N) is 2. The first-order valence-electron chi connectivity index (χ1n) is 7.67. The number of ether oxygens (including phenoxy) is 1. The number of morpholine rings is 1. The number of carbonyl (C=O) groups is 1. The molecule has 0 saturated carbocycles. The summed E-state index contributed by atoms with van der Waals surface area (Å²) in [4.78, 5) is 21.3. The Kier molecular flexibility index (Phi) is 6.28. The largest absolute Gasteiger partial charge is 0.379 e. The molecular weight excluding hydrogens is 352 g/mol. The molecule has 1 saturated heterocycles. The molecule has 1 aromatic carbocycles. The molecule has 25 heavy (non-hydrogen) atoms. The van der Waals surface area contributed by atoms with Crippen LogP contribution in [0.1, 0.15) is 6.92 Å². The molecule has 1 amide bonds. The maximum absolute atomic E-state index is 12.6. The van der Waals surface area contributed by atoms with Gasteiger partial charge in [-0.3, -0.25) is 14.9 Å². The lowest BCUT2D eigenvalue weighted by molar-refractivity contribution is -0.384. The van der Waals surface area contributed by atoms with Crippen molar-refractivity contribution in [1.82, 2.24) is 9.62 Å². The van der Waals surface area contributed by atoms with Crippen LogP contribution in [0.3, 0.4) is 0 Å². The van der Waals surface area contributed by atoms with Gasteiger partial charge in [0.25, 0.3) is 5.69 Å². The van der Waals surface area contributed by atoms with E-state index < -0.39 is 14.9 Å². The van der Waals surface area contributed by atoms with E-state index >= 15 is 0 Å². The Morgan fingerprint density at radius 3 is 2.60 bits per heavy atom. The molecule has 0 unspecified atom stereocenters. The van der Waals surface area contributed by atoms with Gasteiger partial charge >= 0.3 is 0 Å². The molecule has 1 aromatic rings. The van der Waals surface area contributed by atoms with Gasteiger partial charge in [0.05, 0.1) is 23.0 Å². The third-order valence-corrected chi connectivity index (χ3v) is 5.48. The molecule has 1 aliphatic rings. The smallest absolute Gasteiger partial charge is 0.293 e. The molecule has 1 heterocycles. The zero-order valence-corrected chi connectivity index (χ0v) is 14.5. The standard InChI is InChI=1S/C14H20N4O6S/c1-11(19)15-4-5-16-13-3-2-12(10-14(13)18(20)21)25(22,23)17-6-8-24-9-7-17/h2-3,10,16H,4-9H2,1H3,(H,15,19). The summed E-state index contributed by atoms with van der Waals surface area (Å²) in [6.07, 6.45) is 0. The number of rotatable bonds is 7. The predicted molar refractivity (Wildman–Crippen MR) is 89.8 cm³/mol. The molecular formula is C14H20N4O6S. The Morgan fingerprint density at radius 2 is 2.00 bits per heavy atom. The lowest BCUT2D eigenvalue weighted by Crippen LogP contribution is -2.40. The zero-order chi connectivity index (χ0) is 18.4. The highest BCUT2D eigenvalue weighted by Crippen LogP contribution is 2.29. The Labute approximate surface area is 145 Å². The number of sulfonamides is 1. The average Bonchev–Trinajstić information content (AvgIpc) is 2.59. The van der Waals surface area contributed by atoms with Crippen LogP contribution in [0.4, 0.5) is 11.4 Å². The number of benzene rings is 1. The van der Waals surface area contributed by atoms with Crippen molar-refractivity contribution in [2.24, 2.45) is 0 Å². The van der Waals surface area contributed by atoms with E-state index in [2.05, 4.69) is 10.6 Å². The molecule has 10 nitrogen and oxygen atoms in total. The van der Waals surface area contributed by atoms with E-state index in [1.54, 1.807) is 0 Å². The fourth-order valence-electron chi connectivity index (χ4n) is 2.34. The highest BCUT2D eigenvalue weighted by Gasteiger charge is 2.28. The first-order chi connectivity index (χ1) is 11.8. The Morgan fingerprint density at radius 1 is 1.32 bits per heavy atom. The molecule has 138 valence electrons. The number of hydrogen-bond donors (Lipinski definition) is 2. The Bertz CT molecular complexity index is 746. The van der Waals surface area contributed by atoms with Crippen LogP contribution in [0.15, 0.2) is 23.1 Å². The summed E-state index contributed by atoms with van der Waals surface area (Å²) >= 11 is 0. The van der Waals surface area contributed by atoms with Crippen LogP contribution >= 0.6 is 0 Å². The van der Waals surface area contributed by atoms with Gasteiger partial charge in [0.2, 0.25) is 15.9 Å². The van der Waals surface area contributed by atoms with Gasteiger partial charge in [-0.2, -0.15) is 4.31 Å². The molecule has 1 aliphatic heterocycles. The highest BCUT2D eigenvalue weighted by molar-refractivity contribution is 7.89. The molecule has 2 rings (SSSR count). The Balaban J connectivity index is 2.19. The van der Waals surface area contributed by atoms with Crippen LogP contribution in [0, 0.1) is 10.1 Å². The first kappa shape index (κ1) is 19.1. The monoisotopic (exact) mass is 372 g/mol. The van der Waals surface area contributed by atoms with Gasteiger partial charge in [0.15, 0.2) is 0 Å². The molecule has 0 atom stereocenters. The van der Waals surface area contributed by atoms with E-state index in [1.165, 1.54) is 23.4 Å². The van der Waals surface area contributed by atoms with Crippen molar-refractivity contribution < 1.29 is 22.9 Å². The fraction of sp³-hybridized carbons (Fsp3) is 0.500. The van der Waals surface area contributed by atoms with Crippen LogP contribution in [0.2, 0.25) is 0 Å². The number of amides is 1. The summed E-state index contributed by atoms with van der Waals surface area (Å²) in [6.45, 7) is 2.96. The number of nitro benzene ring substituents is 1. The number of anilines is 1. The first-order valence-corrected chi connectivity index (χ1v) is 9.11. The lowest BCUT2D eigenvalue weighted by atomic mass is 10.2. The van der Waals surface area contributed by atoms with Crippen LogP contribution < -0.4 is 10.6 Å². The van der Waals surface area contributed by atoms with Crippen molar-refractivity contribution in [3.8, 4) is 0 Å². The fourth-order valence-corrected chi connectivity index (χ4v) is 3.77. The SMILES string of the molecule is CC(=O)NCCNc1ccc(S(=O)(=O)N2CCOCC2)cc1[N+](=O)[O-]. The molecule has 11 heteroatoms. The van der Waals surface area contributed by atoms with E-state index in [0.29, 0.717) is 19.8 Å². The number of hydrogen-bond acceptors (Lipinski definition) is 7. The minimum Gasteiger partial charge on any atom is -0.379 e. The van der Waals surface area contributed by atoms with Gasteiger partial charge in [-0.1, -0.05) is 0 Å². The van der Waals surface area contributed by atoms with E-state index in [9.17, 15) is 23.3 Å². The molecule has 0 aliphatic carbocycles. The average molecular weight is 372 g/mol. The summed E-state index contributed by atoms with van der Waals surface area (Å²) < 4.78 is 31.6. The molecule has 2 N–H and O–H groups in total. The maximum Gasteiger partial charge on any atom is 0.293 e. The van der Waals surface area contributed by atoms with Crippen LogP contribution in [0.5, 0.6) is 0 Å². The summed E-state index contributed by atoms with van der Waals surface area (Å²) in [5, 5.41) is 16.7. The second-order valence-electron chi connectivity index (χ2n) is 5.36. The molecule has 0 spiro atoms. The Hall–Kier alpha value is -2.24. The number of nitro groups is 1. The summed E-state index contributed by atoms with van der Waals surface area (Å²) in [5.74, 6) is -0.205. The summed E-state index contributed by atoms with van der Waals surface area (Å²) in [7, 11) is -3.81. The van der Waals surface area contributed by atoms with Crippen molar-refractivity contribution in [2.45, 2.75) is 11.8 Å². The third-order valence-electron chi connectivity index (χ3n) is 3.59. The van der Waals surface area contributed by atoms with Gasteiger partial charge in [-0.25, -0.2) is 8.42 Å². The van der Waals surface area contributed by atoms with Crippen LogP contribution in [-0.2, 0) is 19.6 Å². The topological polar surface area (TPSA) is 131 Å². The van der Waals surface area contributed by atoms with E-state index in [0.717, 1.165) is 6.07 Å². The highest BCUT2D eigenvalue weighted by atomic mass is 32.2. The van der Waals surface area contributed by atoms with Gasteiger partial charge < -0.3 is 15.4 Å². The third kappa shape index (κ3) is 4.87. The van der Waals surface area contributed by atoms with Crippen LogP contribution in [0.25, 0.3) is 0 Å². The summed E-state index contributed by atoms with van der Waals surface area (Å²) in [5.41, 5.74) is -0.145. The summed E-state index contributed by atoms with van der Waals surface area (Å²) in [6, 6.07) is 3.74. The van der Waals surface area contributed by atoms with E-state index in [-0.39, 0.29) is 41.8 Å². The normalized spacial score (nSPS) is 15.6. The van der Waals surface area contributed by atoms with E-state index in [4.69, 9.17) is 4.74 Å². The van der Waals surface area contributed by atoms with Gasteiger partial charge in [0.1, 0.15) is 5.69 Å². The quantitative estimate of drug-likeness (QED) is 0.396. The molecule has 0 bridgehead atoms. The number of carbonyl (C=O) groups excluding carboxylic acids is 1. The van der Waals surface area contributed by atoms with Crippen molar-refractivity contribution in [3.05, 3.63) is 28.3 Å². The van der Waals surface area contributed by atoms with Gasteiger partial charge in [-0.15, -0.1) is 0 Å². The second kappa shape index (κ2) is 8.23. The molecule has 0 radical (unpaired) electrons. The van der Waals surface area contributed by atoms with Crippen molar-refractivity contribution in [1.29, 1.82) is 0 Å². The van der Waals surface area contributed by atoms with Crippen molar-refractivity contribution >= 4 is 27.3 Å². The molecule has 1 fully saturated rings. The van der Waals surface area contributed by atoms with Crippen molar-refractivity contribution in [2.75, 3.05) is 44.7 Å². The van der Waals surface area contributed by atoms with Gasteiger partial charge in [0, 0.05) is 39.2 Å². The lowest BCUT2D eigenvalue weighted by Gasteiger charge is -2.26. The second-order valence-corrected chi connectivity index (χ2v) is 7.30. The number of nitrogens with one attached hydrogen (secondary N) is 2. The minimum atomic E-state index is -3.81. The molecule has 0 aromatic heterocycles. The van der Waals surface area contributed by atoms with Crippen LogP contribution in [-0.4, -0.2) is 62.9 Å².